The van der Waals surface area contributed by atoms with Gasteiger partial charge in [-0.1, -0.05) is 12.1 Å². The summed E-state index contributed by atoms with van der Waals surface area (Å²) in [7, 11) is -3.29. The number of hydrogen-bond donors (Lipinski definition) is 0. The fourth-order valence-electron chi connectivity index (χ4n) is 2.89. The average Bonchev–Trinajstić information content (AvgIpc) is 2.87. The van der Waals surface area contributed by atoms with Crippen molar-refractivity contribution < 1.29 is 13.2 Å². The molecular weight excluding hydrogens is 302 g/mol. The third-order valence-electron chi connectivity index (χ3n) is 3.90. The summed E-state index contributed by atoms with van der Waals surface area (Å²) in [5.74, 6) is 0.0762. The van der Waals surface area contributed by atoms with Crippen molar-refractivity contribution in [3.8, 4) is 0 Å². The van der Waals surface area contributed by atoms with Gasteiger partial charge in [0.25, 0.3) is 0 Å². The maximum atomic E-state index is 12.5. The Morgan fingerprint density at radius 2 is 1.91 bits per heavy atom. The molecule has 3 rings (SSSR count). The topological polar surface area (TPSA) is 64.4 Å². The van der Waals surface area contributed by atoms with E-state index in [4.69, 9.17) is 4.74 Å². The Kier molecular flexibility index (Phi) is 4.20. The van der Waals surface area contributed by atoms with Gasteiger partial charge >= 0.3 is 0 Å². The van der Waals surface area contributed by atoms with Crippen LogP contribution in [0.1, 0.15) is 13.8 Å². The van der Waals surface area contributed by atoms with Crippen molar-refractivity contribution >= 4 is 21.1 Å². The van der Waals surface area contributed by atoms with Crippen molar-refractivity contribution in [3.63, 3.8) is 0 Å². The van der Waals surface area contributed by atoms with Crippen LogP contribution in [0, 0.1) is 0 Å². The van der Waals surface area contributed by atoms with Crippen LogP contribution < -0.4 is 0 Å². The number of sulfonamides is 1. The van der Waals surface area contributed by atoms with Crippen molar-refractivity contribution in [2.45, 2.75) is 32.6 Å². The zero-order valence-electron chi connectivity index (χ0n) is 12.8. The molecule has 1 saturated heterocycles. The zero-order chi connectivity index (χ0) is 15.7. The number of imidazole rings is 1. The van der Waals surface area contributed by atoms with E-state index in [9.17, 15) is 8.42 Å². The lowest BCUT2D eigenvalue weighted by molar-refractivity contribution is -0.0440. The van der Waals surface area contributed by atoms with E-state index in [1.54, 1.807) is 10.6 Å². The van der Waals surface area contributed by atoms with E-state index < -0.39 is 10.0 Å². The van der Waals surface area contributed by atoms with E-state index in [1.165, 1.54) is 0 Å². The summed E-state index contributed by atoms with van der Waals surface area (Å²) in [6, 6.07) is 7.73. The molecular formula is C15H21N3O3S. The minimum absolute atomic E-state index is 0.0624. The van der Waals surface area contributed by atoms with Gasteiger partial charge in [0.05, 0.1) is 35.3 Å². The SMILES string of the molecule is C[C@@H]1CN(S(=O)(=O)CCn2cnc3ccccc32)C[C@@H](C)O1. The second-order valence-electron chi connectivity index (χ2n) is 5.82. The Hall–Kier alpha value is -1.44. The molecule has 0 bridgehead atoms. The first-order valence-corrected chi connectivity index (χ1v) is 9.10. The largest absolute Gasteiger partial charge is 0.373 e. The summed E-state index contributed by atoms with van der Waals surface area (Å²) < 4.78 is 34.1. The first-order valence-electron chi connectivity index (χ1n) is 7.49. The molecule has 120 valence electrons. The van der Waals surface area contributed by atoms with E-state index in [1.807, 2.05) is 42.7 Å². The minimum atomic E-state index is -3.29. The highest BCUT2D eigenvalue weighted by Gasteiger charge is 2.30. The van der Waals surface area contributed by atoms with E-state index >= 15 is 0 Å². The zero-order valence-corrected chi connectivity index (χ0v) is 13.7. The Balaban J connectivity index is 1.72. The van der Waals surface area contributed by atoms with Crippen LogP contribution in [0.25, 0.3) is 11.0 Å². The Bertz CT molecular complexity index is 746. The number of aromatic nitrogens is 2. The molecule has 22 heavy (non-hydrogen) atoms. The quantitative estimate of drug-likeness (QED) is 0.855. The average molecular weight is 323 g/mol. The lowest BCUT2D eigenvalue weighted by Gasteiger charge is -2.34. The first kappa shape index (κ1) is 15.5. The Labute approximate surface area is 130 Å². The van der Waals surface area contributed by atoms with E-state index in [0.29, 0.717) is 19.6 Å². The van der Waals surface area contributed by atoms with Gasteiger partial charge in [-0.15, -0.1) is 0 Å². The maximum absolute atomic E-state index is 12.5. The molecule has 0 radical (unpaired) electrons. The highest BCUT2D eigenvalue weighted by molar-refractivity contribution is 7.89. The van der Waals surface area contributed by atoms with Gasteiger partial charge in [-0.2, -0.15) is 4.31 Å². The van der Waals surface area contributed by atoms with E-state index in [2.05, 4.69) is 4.98 Å². The normalized spacial score (nSPS) is 23.9. The van der Waals surface area contributed by atoms with Gasteiger partial charge in [-0.05, 0) is 26.0 Å². The number of benzene rings is 1. The standard InChI is InChI=1S/C15H21N3O3S/c1-12-9-18(10-13(2)21-12)22(19,20)8-7-17-11-16-14-5-3-4-6-15(14)17/h3-6,11-13H,7-10H2,1-2H3/t12-,13-/m1/s1. The van der Waals surface area contributed by atoms with Crippen molar-refractivity contribution in [2.24, 2.45) is 0 Å². The number of nitrogens with zero attached hydrogens (tertiary/aromatic N) is 3. The molecule has 2 aromatic rings. The van der Waals surface area contributed by atoms with Crippen LogP contribution in [0.2, 0.25) is 0 Å². The molecule has 7 heteroatoms. The van der Waals surface area contributed by atoms with E-state index in [0.717, 1.165) is 11.0 Å². The number of morpholine rings is 1. The predicted octanol–water partition coefficient (Wildman–Crippen LogP) is 1.48. The molecule has 2 atom stereocenters. The fourth-order valence-corrected chi connectivity index (χ4v) is 4.45. The fraction of sp³-hybridized carbons (Fsp3) is 0.533. The molecule has 1 aliphatic heterocycles. The van der Waals surface area contributed by atoms with Gasteiger partial charge in [0, 0.05) is 19.6 Å². The van der Waals surface area contributed by atoms with Crippen LogP contribution in [-0.4, -0.2) is 53.3 Å². The summed E-state index contributed by atoms with van der Waals surface area (Å²) in [5, 5.41) is 0. The molecule has 0 unspecified atom stereocenters. The number of hydrogen-bond acceptors (Lipinski definition) is 4. The molecule has 2 heterocycles. The van der Waals surface area contributed by atoms with Crippen LogP contribution in [0.3, 0.4) is 0 Å². The van der Waals surface area contributed by atoms with Crippen LogP contribution in [0.4, 0.5) is 0 Å². The summed E-state index contributed by atoms with van der Waals surface area (Å²) in [6.07, 6.45) is 1.57. The van der Waals surface area contributed by atoms with Crippen LogP contribution >= 0.6 is 0 Å². The lowest BCUT2D eigenvalue weighted by Crippen LogP contribution is -2.49. The van der Waals surface area contributed by atoms with Gasteiger partial charge in [0.2, 0.25) is 10.0 Å². The van der Waals surface area contributed by atoms with E-state index in [-0.39, 0.29) is 18.0 Å². The van der Waals surface area contributed by atoms with Crippen molar-refractivity contribution in [2.75, 3.05) is 18.8 Å². The summed E-state index contributed by atoms with van der Waals surface area (Å²) >= 11 is 0. The van der Waals surface area contributed by atoms with Gasteiger partial charge in [0.15, 0.2) is 0 Å². The number of aryl methyl sites for hydroxylation is 1. The van der Waals surface area contributed by atoms with Gasteiger partial charge in [-0.3, -0.25) is 0 Å². The number of rotatable bonds is 4. The first-order chi connectivity index (χ1) is 10.5. The molecule has 0 N–H and O–H groups in total. The molecule has 0 amide bonds. The van der Waals surface area contributed by atoms with Gasteiger partial charge < -0.3 is 9.30 Å². The van der Waals surface area contributed by atoms with Crippen LogP contribution in [-0.2, 0) is 21.3 Å². The minimum Gasteiger partial charge on any atom is -0.373 e. The monoisotopic (exact) mass is 323 g/mol. The molecule has 1 aromatic heterocycles. The van der Waals surface area contributed by atoms with Crippen LogP contribution in [0.5, 0.6) is 0 Å². The maximum Gasteiger partial charge on any atom is 0.216 e. The number of fused-ring (bicyclic) bond motifs is 1. The Morgan fingerprint density at radius 3 is 2.64 bits per heavy atom. The van der Waals surface area contributed by atoms with Gasteiger partial charge in [-0.25, -0.2) is 13.4 Å². The molecule has 1 aliphatic rings. The Morgan fingerprint density at radius 1 is 1.23 bits per heavy atom. The highest BCUT2D eigenvalue weighted by atomic mass is 32.2. The van der Waals surface area contributed by atoms with Crippen molar-refractivity contribution in [1.29, 1.82) is 0 Å². The summed E-state index contributed by atoms with van der Waals surface area (Å²) in [5.41, 5.74) is 1.84. The predicted molar refractivity (Wildman–Crippen MR) is 85.1 cm³/mol. The second-order valence-corrected chi connectivity index (χ2v) is 7.91. The van der Waals surface area contributed by atoms with Crippen LogP contribution in [0.15, 0.2) is 30.6 Å². The third-order valence-corrected chi connectivity index (χ3v) is 5.68. The third kappa shape index (κ3) is 3.16. The number of para-hydroxylation sites is 2. The van der Waals surface area contributed by atoms with Gasteiger partial charge in [0.1, 0.15) is 0 Å². The smallest absolute Gasteiger partial charge is 0.216 e. The highest BCUT2D eigenvalue weighted by Crippen LogP contribution is 2.16. The summed E-state index contributed by atoms with van der Waals surface area (Å²) in [6.45, 7) is 5.07. The van der Waals surface area contributed by atoms with Crippen molar-refractivity contribution in [1.82, 2.24) is 13.9 Å². The number of ether oxygens (including phenoxy) is 1. The molecule has 6 nitrogen and oxygen atoms in total. The molecule has 0 saturated carbocycles. The lowest BCUT2D eigenvalue weighted by atomic mass is 10.3. The summed E-state index contributed by atoms with van der Waals surface area (Å²) in [4.78, 5) is 4.29. The molecule has 0 aliphatic carbocycles. The molecule has 1 fully saturated rings. The second kappa shape index (κ2) is 5.98. The molecule has 0 spiro atoms. The van der Waals surface area contributed by atoms with Crippen molar-refractivity contribution in [3.05, 3.63) is 30.6 Å². The molecule has 1 aromatic carbocycles.